The van der Waals surface area contributed by atoms with Crippen molar-refractivity contribution in [2.45, 2.75) is 65.2 Å². The number of ketones is 2. The van der Waals surface area contributed by atoms with Gasteiger partial charge >= 0.3 is 0 Å². The number of halogens is 1. The Morgan fingerprint density at radius 1 is 0.975 bits per heavy atom. The number of benzene rings is 2. The van der Waals surface area contributed by atoms with Crippen LogP contribution in [0, 0.1) is 17.4 Å². The van der Waals surface area contributed by atoms with E-state index < -0.39 is 5.92 Å². The second-order valence-electron chi connectivity index (χ2n) is 10.7. The number of allylic oxidation sites excluding steroid dienone is 4. The zero-order chi connectivity index (χ0) is 28.6. The minimum absolute atomic E-state index is 0.111. The van der Waals surface area contributed by atoms with Crippen LogP contribution in [0.25, 0.3) is 0 Å². The molecule has 8 heteroatoms. The fourth-order valence-corrected chi connectivity index (χ4v) is 6.82. The van der Waals surface area contributed by atoms with Gasteiger partial charge in [-0.3, -0.25) is 14.4 Å². The van der Waals surface area contributed by atoms with Gasteiger partial charge in [-0.05, 0) is 104 Å². The summed E-state index contributed by atoms with van der Waals surface area (Å²) in [6.07, 6.45) is 4.28. The fourth-order valence-electron chi connectivity index (χ4n) is 6.04. The van der Waals surface area contributed by atoms with Gasteiger partial charge in [-0.15, -0.1) is 0 Å². The van der Waals surface area contributed by atoms with E-state index in [1.54, 1.807) is 0 Å². The molecule has 3 aliphatic rings. The minimum Gasteiger partial charge on any atom is -0.490 e. The Kier molecular flexibility index (Phi) is 8.35. The van der Waals surface area contributed by atoms with Gasteiger partial charge in [0.25, 0.3) is 5.91 Å². The van der Waals surface area contributed by atoms with Gasteiger partial charge in [0.15, 0.2) is 29.7 Å². The minimum atomic E-state index is -0.420. The Bertz CT molecular complexity index is 1410. The first-order valence-electron chi connectivity index (χ1n) is 13.9. The molecule has 1 heterocycles. The quantitative estimate of drug-likeness (QED) is 0.350. The van der Waals surface area contributed by atoms with Crippen LogP contribution in [0.5, 0.6) is 11.5 Å². The number of Topliss-reactive ketones (excluding diaryl/α,β-unsaturated/α-hetero) is 2. The van der Waals surface area contributed by atoms with Gasteiger partial charge in [0, 0.05) is 54.0 Å². The molecule has 40 heavy (non-hydrogen) atoms. The molecule has 1 amide bonds. The average molecular weight is 655 g/mol. The zero-order valence-corrected chi connectivity index (χ0v) is 25.6. The maximum absolute atomic E-state index is 13.4. The third kappa shape index (κ3) is 5.42. The third-order valence-electron chi connectivity index (χ3n) is 7.92. The lowest BCUT2D eigenvalue weighted by Crippen LogP contribution is -2.37. The van der Waals surface area contributed by atoms with Crippen molar-refractivity contribution in [3.05, 3.63) is 73.1 Å². The molecule has 2 aromatic carbocycles. The third-order valence-corrected chi connectivity index (χ3v) is 8.73. The first-order valence-corrected chi connectivity index (χ1v) is 15.0. The van der Waals surface area contributed by atoms with Crippen LogP contribution in [-0.4, -0.2) is 42.6 Å². The molecule has 7 nitrogen and oxygen atoms in total. The van der Waals surface area contributed by atoms with Gasteiger partial charge < -0.3 is 19.7 Å². The van der Waals surface area contributed by atoms with Crippen molar-refractivity contribution in [1.82, 2.24) is 4.90 Å². The van der Waals surface area contributed by atoms with Crippen molar-refractivity contribution >= 4 is 45.8 Å². The average Bonchev–Trinajstić information content (AvgIpc) is 2.91. The molecular formula is C32H35IN2O5. The Balaban J connectivity index is 1.49. The summed E-state index contributed by atoms with van der Waals surface area (Å²) >= 11 is 2.19. The van der Waals surface area contributed by atoms with E-state index in [2.05, 4.69) is 32.8 Å². The van der Waals surface area contributed by atoms with Crippen LogP contribution >= 0.6 is 22.6 Å². The predicted molar refractivity (Wildman–Crippen MR) is 163 cm³/mol. The monoisotopic (exact) mass is 654 g/mol. The number of anilines is 1. The maximum atomic E-state index is 13.4. The number of hydrogen-bond acceptors (Lipinski definition) is 6. The molecule has 2 aromatic rings. The normalized spacial score (nSPS) is 17.6. The number of nitrogens with zero attached hydrogens (tertiary/aromatic N) is 1. The molecule has 0 unspecified atom stereocenters. The molecule has 0 atom stereocenters. The molecule has 5 rings (SSSR count). The Morgan fingerprint density at radius 2 is 1.62 bits per heavy atom. The number of carbonyl (C=O) groups is 3. The molecular weight excluding hydrogens is 619 g/mol. The lowest BCUT2D eigenvalue weighted by Gasteiger charge is -2.42. The van der Waals surface area contributed by atoms with Crippen LogP contribution in [0.1, 0.15) is 68.1 Å². The van der Waals surface area contributed by atoms with Gasteiger partial charge in [0.2, 0.25) is 0 Å². The van der Waals surface area contributed by atoms with Crippen LogP contribution in [0.3, 0.4) is 0 Å². The van der Waals surface area contributed by atoms with Crippen LogP contribution in [0.4, 0.5) is 5.69 Å². The van der Waals surface area contributed by atoms with Crippen molar-refractivity contribution in [3.8, 4) is 11.5 Å². The van der Waals surface area contributed by atoms with E-state index in [1.807, 2.05) is 58.2 Å². The van der Waals surface area contributed by atoms with Crippen molar-refractivity contribution in [1.29, 1.82) is 0 Å². The van der Waals surface area contributed by atoms with Crippen molar-refractivity contribution in [3.63, 3.8) is 0 Å². The first-order chi connectivity index (χ1) is 19.2. The summed E-state index contributed by atoms with van der Waals surface area (Å²) in [4.78, 5) is 41.6. The molecule has 0 bridgehead atoms. The Morgan fingerprint density at radius 3 is 2.25 bits per heavy atom. The second-order valence-corrected chi connectivity index (χ2v) is 11.8. The standard InChI is InChI=1S/C32H35IN2O5/c1-5-39-27-16-20(15-21(33)32(27)40-17-28(38)34-22-14-18(2)12-13-19(22)3)29-30-23(8-6-10-25(30)36)35(4)24-9-7-11-26(37)31(24)29/h12-16,29H,5-11,17H2,1-4H3,(H,34,38). The molecule has 210 valence electrons. The smallest absolute Gasteiger partial charge is 0.262 e. The Hall–Kier alpha value is -3.14. The highest BCUT2D eigenvalue weighted by Crippen LogP contribution is 2.50. The number of nitrogens with one attached hydrogen (secondary N) is 1. The predicted octanol–water partition coefficient (Wildman–Crippen LogP) is 6.37. The highest BCUT2D eigenvalue weighted by Gasteiger charge is 2.42. The summed E-state index contributed by atoms with van der Waals surface area (Å²) in [6, 6.07) is 9.77. The molecule has 0 saturated carbocycles. The van der Waals surface area contributed by atoms with Crippen molar-refractivity contribution in [2.24, 2.45) is 0 Å². The summed E-state index contributed by atoms with van der Waals surface area (Å²) in [7, 11) is 1.99. The number of amides is 1. The summed E-state index contributed by atoms with van der Waals surface area (Å²) < 4.78 is 12.8. The van der Waals surface area contributed by atoms with Crippen molar-refractivity contribution < 1.29 is 23.9 Å². The molecule has 0 radical (unpaired) electrons. The van der Waals surface area contributed by atoms with E-state index >= 15 is 0 Å². The lowest BCUT2D eigenvalue weighted by atomic mass is 9.71. The van der Waals surface area contributed by atoms with Gasteiger partial charge in [0.05, 0.1) is 10.2 Å². The van der Waals surface area contributed by atoms with Crippen LogP contribution < -0.4 is 14.8 Å². The summed E-state index contributed by atoms with van der Waals surface area (Å²) in [5.74, 6) is 0.508. The molecule has 0 spiro atoms. The van der Waals surface area contributed by atoms with E-state index in [-0.39, 0.29) is 24.1 Å². The van der Waals surface area contributed by atoms with E-state index in [0.29, 0.717) is 30.9 Å². The summed E-state index contributed by atoms with van der Waals surface area (Å²) in [5.41, 5.74) is 7.18. The second kappa shape index (κ2) is 11.8. The number of carbonyl (C=O) groups excluding carboxylic acids is 3. The largest absolute Gasteiger partial charge is 0.490 e. The molecule has 2 aliphatic carbocycles. The number of ether oxygens (including phenoxy) is 2. The van der Waals surface area contributed by atoms with Gasteiger partial charge in [-0.1, -0.05) is 12.1 Å². The number of hydrogen-bond donors (Lipinski definition) is 1. The van der Waals surface area contributed by atoms with Crippen LogP contribution in [0.2, 0.25) is 0 Å². The highest BCUT2D eigenvalue weighted by molar-refractivity contribution is 14.1. The number of aryl methyl sites for hydroxylation is 2. The lowest BCUT2D eigenvalue weighted by molar-refractivity contribution is -0.118. The van der Waals surface area contributed by atoms with E-state index in [9.17, 15) is 14.4 Å². The Labute approximate surface area is 249 Å². The van der Waals surface area contributed by atoms with Crippen LogP contribution in [0.15, 0.2) is 52.9 Å². The van der Waals surface area contributed by atoms with E-state index in [1.165, 1.54) is 0 Å². The maximum Gasteiger partial charge on any atom is 0.262 e. The van der Waals surface area contributed by atoms with Gasteiger partial charge in [0.1, 0.15) is 0 Å². The fraction of sp³-hybridized carbons (Fsp3) is 0.406. The topological polar surface area (TPSA) is 84.9 Å². The molecule has 1 N–H and O–H groups in total. The van der Waals surface area contributed by atoms with Crippen LogP contribution in [-0.2, 0) is 14.4 Å². The number of rotatable bonds is 7. The highest BCUT2D eigenvalue weighted by atomic mass is 127. The summed E-state index contributed by atoms with van der Waals surface area (Å²) in [6.45, 7) is 6.04. The first kappa shape index (κ1) is 28.4. The molecule has 0 saturated heterocycles. The van der Waals surface area contributed by atoms with Gasteiger partial charge in [-0.2, -0.15) is 0 Å². The van der Waals surface area contributed by atoms with E-state index in [0.717, 1.165) is 74.2 Å². The summed E-state index contributed by atoms with van der Waals surface area (Å²) in [5, 5.41) is 2.93. The molecule has 0 aromatic heterocycles. The molecule has 1 aliphatic heterocycles. The molecule has 0 fully saturated rings. The zero-order valence-electron chi connectivity index (χ0n) is 23.5. The van der Waals surface area contributed by atoms with Crippen molar-refractivity contribution in [2.75, 3.05) is 25.6 Å². The SMILES string of the molecule is CCOc1cc(C2C3=C(CCCC3=O)N(C)C3=C2C(=O)CCC3)cc(I)c1OCC(=O)Nc1cc(C)ccc1C. The van der Waals surface area contributed by atoms with E-state index in [4.69, 9.17) is 9.47 Å². The van der Waals surface area contributed by atoms with Gasteiger partial charge in [-0.25, -0.2) is 0 Å².